The van der Waals surface area contributed by atoms with Crippen molar-refractivity contribution in [2.75, 3.05) is 6.54 Å². The molecule has 0 amide bonds. The molecule has 14 heavy (non-hydrogen) atoms. The molecular weight excluding hydrogens is 196 g/mol. The van der Waals surface area contributed by atoms with Gasteiger partial charge in [-0.15, -0.1) is 0 Å². The summed E-state index contributed by atoms with van der Waals surface area (Å²) in [6.07, 6.45) is 5.47. The van der Waals surface area contributed by atoms with E-state index in [0.29, 0.717) is 12.3 Å². The average molecular weight is 212 g/mol. The topological polar surface area (TPSA) is 55.4 Å². The van der Waals surface area contributed by atoms with E-state index in [4.69, 9.17) is 5.73 Å². The van der Waals surface area contributed by atoms with E-state index in [1.54, 1.807) is 0 Å². The molecule has 0 radical (unpaired) electrons. The molecular formula is C10H16N2OS. The zero-order chi connectivity index (χ0) is 9.97. The Kier molecular flexibility index (Phi) is 3.23. The Morgan fingerprint density at radius 1 is 1.57 bits per heavy atom. The van der Waals surface area contributed by atoms with E-state index >= 15 is 0 Å². The molecule has 0 aromatic carbocycles. The van der Waals surface area contributed by atoms with Gasteiger partial charge in [0.2, 0.25) is 5.12 Å². The van der Waals surface area contributed by atoms with Gasteiger partial charge in [-0.1, -0.05) is 19.3 Å². The van der Waals surface area contributed by atoms with Crippen LogP contribution in [-0.4, -0.2) is 17.4 Å². The molecule has 3 nitrogen and oxygen atoms in total. The maximum Gasteiger partial charge on any atom is 0.216 e. The number of nitrogens with two attached hydrogens (primary N) is 1. The monoisotopic (exact) mass is 212 g/mol. The second kappa shape index (κ2) is 4.45. The van der Waals surface area contributed by atoms with Gasteiger partial charge in [0.05, 0.1) is 6.42 Å². The molecule has 0 saturated heterocycles. The first kappa shape index (κ1) is 10.2. The van der Waals surface area contributed by atoms with Crippen LogP contribution >= 0.6 is 11.9 Å². The minimum atomic E-state index is 0.185. The number of rotatable bonds is 4. The lowest BCUT2D eigenvalue weighted by Gasteiger charge is -2.33. The third-order valence-corrected chi connectivity index (χ3v) is 3.94. The van der Waals surface area contributed by atoms with Gasteiger partial charge in [0.1, 0.15) is 0 Å². The van der Waals surface area contributed by atoms with Crippen LogP contribution in [-0.2, 0) is 4.79 Å². The first-order chi connectivity index (χ1) is 6.79. The first-order valence-electron chi connectivity index (χ1n) is 5.25. The molecule has 1 unspecified atom stereocenters. The minimum absolute atomic E-state index is 0.185. The third kappa shape index (κ3) is 2.17. The molecule has 2 N–H and O–H groups in total. The predicted molar refractivity (Wildman–Crippen MR) is 59.2 cm³/mol. The first-order valence-corrected chi connectivity index (χ1v) is 6.02. The highest BCUT2D eigenvalue weighted by Crippen LogP contribution is 2.36. The molecule has 1 fully saturated rings. The number of hydrogen-bond donors (Lipinski definition) is 1. The molecule has 0 bridgehead atoms. The summed E-state index contributed by atoms with van der Waals surface area (Å²) in [5.41, 5.74) is 6.81. The zero-order valence-electron chi connectivity index (χ0n) is 8.24. The molecule has 2 aliphatic rings. The van der Waals surface area contributed by atoms with Gasteiger partial charge in [-0.2, -0.15) is 0 Å². The maximum atomic E-state index is 11.0. The molecule has 0 spiro atoms. The second-order valence-electron chi connectivity index (χ2n) is 4.19. The molecule has 4 heteroatoms. The maximum absolute atomic E-state index is 11.0. The molecule has 2 rings (SSSR count). The van der Waals surface area contributed by atoms with Crippen molar-refractivity contribution in [2.45, 2.75) is 32.1 Å². The highest BCUT2D eigenvalue weighted by Gasteiger charge is 2.28. The largest absolute Gasteiger partial charge is 0.330 e. The smallest absolute Gasteiger partial charge is 0.216 e. The Morgan fingerprint density at radius 3 is 2.79 bits per heavy atom. The summed E-state index contributed by atoms with van der Waals surface area (Å²) < 4.78 is 4.17. The fraction of sp³-hybridized carbons (Fsp3) is 0.800. The molecule has 1 heterocycles. The SMILES string of the molecule is NCC(CC1=NSC(=O)C1)C1CCC1. The van der Waals surface area contributed by atoms with E-state index < -0.39 is 0 Å². The van der Waals surface area contributed by atoms with Crippen LogP contribution in [0.15, 0.2) is 4.40 Å². The molecule has 0 aromatic heterocycles. The van der Waals surface area contributed by atoms with E-state index in [1.807, 2.05) is 0 Å². The van der Waals surface area contributed by atoms with Crippen LogP contribution in [0.2, 0.25) is 0 Å². The van der Waals surface area contributed by atoms with Crippen molar-refractivity contribution >= 4 is 22.8 Å². The van der Waals surface area contributed by atoms with Gasteiger partial charge in [-0.05, 0) is 24.8 Å². The van der Waals surface area contributed by atoms with Crippen molar-refractivity contribution in [3.63, 3.8) is 0 Å². The van der Waals surface area contributed by atoms with Crippen molar-refractivity contribution in [1.29, 1.82) is 0 Å². The van der Waals surface area contributed by atoms with E-state index in [-0.39, 0.29) is 5.12 Å². The molecule has 0 aromatic rings. The van der Waals surface area contributed by atoms with Crippen molar-refractivity contribution in [2.24, 2.45) is 22.0 Å². The highest BCUT2D eigenvalue weighted by molar-refractivity contribution is 8.13. The van der Waals surface area contributed by atoms with Crippen molar-refractivity contribution in [3.05, 3.63) is 0 Å². The molecule has 1 atom stereocenters. The van der Waals surface area contributed by atoms with Crippen LogP contribution in [0.25, 0.3) is 0 Å². The van der Waals surface area contributed by atoms with Crippen LogP contribution < -0.4 is 5.73 Å². The lowest BCUT2D eigenvalue weighted by atomic mass is 9.74. The number of carbonyl (C=O) groups is 1. The highest BCUT2D eigenvalue weighted by atomic mass is 32.2. The quantitative estimate of drug-likeness (QED) is 0.723. The second-order valence-corrected chi connectivity index (χ2v) is 5.01. The number of carbonyl (C=O) groups excluding carboxylic acids is 1. The van der Waals surface area contributed by atoms with E-state index in [9.17, 15) is 4.79 Å². The van der Waals surface area contributed by atoms with Crippen LogP contribution in [0.1, 0.15) is 32.1 Å². The Hall–Kier alpha value is -0.350. The van der Waals surface area contributed by atoms with Gasteiger partial charge < -0.3 is 5.73 Å². The van der Waals surface area contributed by atoms with Crippen LogP contribution in [0.4, 0.5) is 0 Å². The molecule has 78 valence electrons. The fourth-order valence-corrected chi connectivity index (χ4v) is 2.71. The summed E-state index contributed by atoms with van der Waals surface area (Å²) in [5.74, 6) is 1.36. The third-order valence-electron chi connectivity index (χ3n) is 3.24. The van der Waals surface area contributed by atoms with Crippen LogP contribution in [0, 0.1) is 11.8 Å². The van der Waals surface area contributed by atoms with Crippen molar-refractivity contribution < 1.29 is 4.79 Å². The van der Waals surface area contributed by atoms with E-state index in [0.717, 1.165) is 36.5 Å². The number of hydrogen-bond acceptors (Lipinski definition) is 4. The van der Waals surface area contributed by atoms with Crippen molar-refractivity contribution in [3.8, 4) is 0 Å². The summed E-state index contributed by atoms with van der Waals surface area (Å²) in [7, 11) is 0. The molecule has 1 aliphatic heterocycles. The summed E-state index contributed by atoms with van der Waals surface area (Å²) >= 11 is 1.10. The van der Waals surface area contributed by atoms with E-state index in [1.165, 1.54) is 19.3 Å². The summed E-state index contributed by atoms with van der Waals surface area (Å²) in [6, 6.07) is 0. The van der Waals surface area contributed by atoms with E-state index in [2.05, 4.69) is 4.40 Å². The van der Waals surface area contributed by atoms with Gasteiger partial charge in [-0.3, -0.25) is 4.79 Å². The van der Waals surface area contributed by atoms with Gasteiger partial charge in [-0.25, -0.2) is 4.40 Å². The Balaban J connectivity index is 1.84. The fourth-order valence-electron chi connectivity index (χ4n) is 2.11. The lowest BCUT2D eigenvalue weighted by Crippen LogP contribution is -2.30. The Bertz CT molecular complexity index is 261. The predicted octanol–water partition coefficient (Wildman–Crippen LogP) is 1.77. The van der Waals surface area contributed by atoms with Crippen molar-refractivity contribution in [1.82, 2.24) is 0 Å². The lowest BCUT2D eigenvalue weighted by molar-refractivity contribution is -0.109. The normalized spacial score (nSPS) is 24.6. The summed E-state index contributed by atoms with van der Waals surface area (Å²) in [4.78, 5) is 11.0. The minimum Gasteiger partial charge on any atom is -0.330 e. The summed E-state index contributed by atoms with van der Waals surface area (Å²) in [6.45, 7) is 0.739. The van der Waals surface area contributed by atoms with Crippen LogP contribution in [0.5, 0.6) is 0 Å². The van der Waals surface area contributed by atoms with Gasteiger partial charge in [0.15, 0.2) is 0 Å². The Morgan fingerprint density at radius 2 is 2.36 bits per heavy atom. The van der Waals surface area contributed by atoms with Gasteiger partial charge >= 0.3 is 0 Å². The zero-order valence-corrected chi connectivity index (χ0v) is 9.05. The standard InChI is InChI=1S/C10H16N2OS/c11-6-8(7-2-1-3-7)4-9-5-10(13)14-12-9/h7-8H,1-6,11H2. The molecule has 1 aliphatic carbocycles. The summed E-state index contributed by atoms with van der Waals surface area (Å²) in [5, 5.41) is 0.185. The van der Waals surface area contributed by atoms with Gasteiger partial charge in [0.25, 0.3) is 0 Å². The molecule has 1 saturated carbocycles. The Labute approximate surface area is 88.7 Å². The van der Waals surface area contributed by atoms with Crippen LogP contribution in [0.3, 0.4) is 0 Å². The average Bonchev–Trinajstić information content (AvgIpc) is 2.47. The number of nitrogens with zero attached hydrogens (tertiary/aromatic N) is 1. The van der Waals surface area contributed by atoms with Gasteiger partial charge in [0, 0.05) is 17.7 Å².